The molecule has 0 radical (unpaired) electrons. The largest absolute Gasteiger partial charge is 0.492 e. The molecule has 0 unspecified atom stereocenters. The number of rotatable bonds is 7. The number of anilines is 2. The molecule has 7 heteroatoms. The summed E-state index contributed by atoms with van der Waals surface area (Å²) in [6.45, 7) is 4.43. The molecule has 1 aliphatic heterocycles. The van der Waals surface area contributed by atoms with Crippen LogP contribution in [0.4, 0.5) is 11.6 Å². The molecule has 4 rings (SSSR count). The van der Waals surface area contributed by atoms with E-state index in [-0.39, 0.29) is 0 Å². The molecule has 0 amide bonds. The minimum atomic E-state index is 0.603. The summed E-state index contributed by atoms with van der Waals surface area (Å²) in [7, 11) is 2.03. The molecule has 1 aliphatic carbocycles. The Morgan fingerprint density at radius 3 is 2.86 bits per heavy atom. The van der Waals surface area contributed by atoms with E-state index in [0.29, 0.717) is 25.6 Å². The molecule has 152 valence electrons. The highest BCUT2D eigenvalue weighted by Crippen LogP contribution is 2.24. The molecule has 0 atom stereocenters. The summed E-state index contributed by atoms with van der Waals surface area (Å²) in [5.74, 6) is 3.43. The van der Waals surface area contributed by atoms with Gasteiger partial charge < -0.3 is 19.3 Å². The fraction of sp³-hybridized carbons (Fsp3) is 0.409. The second kappa shape index (κ2) is 9.52. The van der Waals surface area contributed by atoms with E-state index in [2.05, 4.69) is 26.9 Å². The minimum Gasteiger partial charge on any atom is -0.492 e. The Bertz CT molecular complexity index is 863. The van der Waals surface area contributed by atoms with Crippen molar-refractivity contribution in [2.45, 2.75) is 12.8 Å². The molecule has 2 aromatic rings. The molecule has 3 heterocycles. The van der Waals surface area contributed by atoms with Crippen molar-refractivity contribution in [3.05, 3.63) is 54.6 Å². The van der Waals surface area contributed by atoms with Crippen molar-refractivity contribution in [2.24, 2.45) is 0 Å². The molecule has 2 aromatic heterocycles. The normalized spacial score (nSPS) is 16.4. The van der Waals surface area contributed by atoms with Gasteiger partial charge in [-0.1, -0.05) is 6.08 Å². The first-order valence-electron chi connectivity index (χ1n) is 10.1. The maximum absolute atomic E-state index is 5.89. The molecule has 1 fully saturated rings. The molecule has 7 nitrogen and oxygen atoms in total. The van der Waals surface area contributed by atoms with Gasteiger partial charge in [-0.15, -0.1) is 0 Å². The summed E-state index contributed by atoms with van der Waals surface area (Å²) < 4.78 is 11.4. The lowest BCUT2D eigenvalue weighted by atomic mass is 10.2. The van der Waals surface area contributed by atoms with Crippen molar-refractivity contribution in [1.29, 1.82) is 0 Å². The van der Waals surface area contributed by atoms with Gasteiger partial charge in [0.15, 0.2) is 5.82 Å². The third-order valence-electron chi connectivity index (χ3n) is 5.00. The number of likely N-dealkylation sites (N-methyl/N-ethyl adjacent to an activating group) is 1. The van der Waals surface area contributed by atoms with Gasteiger partial charge in [0, 0.05) is 44.2 Å². The van der Waals surface area contributed by atoms with Gasteiger partial charge in [0.25, 0.3) is 0 Å². The fourth-order valence-corrected chi connectivity index (χ4v) is 3.31. The first kappa shape index (κ1) is 19.4. The minimum absolute atomic E-state index is 0.603. The van der Waals surface area contributed by atoms with Crippen LogP contribution in [0.2, 0.25) is 0 Å². The van der Waals surface area contributed by atoms with Crippen LogP contribution in [0.5, 0.6) is 0 Å². The Kier molecular flexibility index (Phi) is 6.36. The molecular weight excluding hydrogens is 366 g/mol. The van der Waals surface area contributed by atoms with Gasteiger partial charge >= 0.3 is 0 Å². The highest BCUT2D eigenvalue weighted by molar-refractivity contribution is 5.61. The molecule has 0 bridgehead atoms. The van der Waals surface area contributed by atoms with E-state index in [1.165, 1.54) is 0 Å². The van der Waals surface area contributed by atoms with Crippen LogP contribution in [0.25, 0.3) is 11.4 Å². The first-order chi connectivity index (χ1) is 14.3. The molecule has 1 saturated heterocycles. The Morgan fingerprint density at radius 2 is 2.10 bits per heavy atom. The third kappa shape index (κ3) is 5.12. The predicted molar refractivity (Wildman–Crippen MR) is 114 cm³/mol. The Labute approximate surface area is 171 Å². The third-order valence-corrected chi connectivity index (χ3v) is 5.00. The number of pyridine rings is 1. The maximum Gasteiger partial charge on any atom is 0.165 e. The van der Waals surface area contributed by atoms with E-state index >= 15 is 0 Å². The van der Waals surface area contributed by atoms with Crippen LogP contribution in [0, 0.1) is 0 Å². The van der Waals surface area contributed by atoms with Crippen molar-refractivity contribution in [1.82, 2.24) is 15.0 Å². The van der Waals surface area contributed by atoms with Crippen LogP contribution in [0.15, 0.2) is 54.6 Å². The monoisotopic (exact) mass is 393 g/mol. The number of hydrogen-bond acceptors (Lipinski definition) is 7. The maximum atomic E-state index is 5.89. The van der Waals surface area contributed by atoms with Crippen LogP contribution in [-0.2, 0) is 9.47 Å². The van der Waals surface area contributed by atoms with Gasteiger partial charge in [-0.2, -0.15) is 0 Å². The van der Waals surface area contributed by atoms with Crippen molar-refractivity contribution in [2.75, 3.05) is 56.3 Å². The number of aromatic nitrogens is 3. The smallest absolute Gasteiger partial charge is 0.165 e. The Morgan fingerprint density at radius 1 is 1.21 bits per heavy atom. The summed E-state index contributed by atoms with van der Waals surface area (Å²) in [5, 5.41) is 0. The van der Waals surface area contributed by atoms with Gasteiger partial charge in [0.05, 0.1) is 19.8 Å². The summed E-state index contributed by atoms with van der Waals surface area (Å²) in [6.07, 6.45) is 12.0. The van der Waals surface area contributed by atoms with Crippen molar-refractivity contribution in [3.63, 3.8) is 0 Å². The van der Waals surface area contributed by atoms with E-state index < -0.39 is 0 Å². The molecule has 0 N–H and O–H groups in total. The topological polar surface area (TPSA) is 63.6 Å². The van der Waals surface area contributed by atoms with Gasteiger partial charge in [-0.25, -0.2) is 9.97 Å². The average Bonchev–Trinajstić information content (AvgIpc) is 2.80. The van der Waals surface area contributed by atoms with Crippen LogP contribution >= 0.6 is 0 Å². The van der Waals surface area contributed by atoms with E-state index in [9.17, 15) is 0 Å². The lowest BCUT2D eigenvalue weighted by Crippen LogP contribution is -2.37. The number of nitrogens with zero attached hydrogens (tertiary/aromatic N) is 5. The van der Waals surface area contributed by atoms with Crippen molar-refractivity contribution in [3.8, 4) is 11.4 Å². The number of morpholine rings is 1. The number of allylic oxidation sites excluding steroid dienone is 3. The molecule has 2 aliphatic rings. The number of ether oxygens (including phenoxy) is 2. The SMILES string of the molecule is CN(CCOC1=CCCC=C1)c1cc(N2CCOCC2)nc(-c2cccnc2)n1. The lowest BCUT2D eigenvalue weighted by molar-refractivity contribution is 0.122. The Hall–Kier alpha value is -2.93. The Balaban J connectivity index is 1.52. The second-order valence-corrected chi connectivity index (χ2v) is 7.11. The average molecular weight is 393 g/mol. The molecule has 0 saturated carbocycles. The van der Waals surface area contributed by atoms with Crippen LogP contribution < -0.4 is 9.80 Å². The van der Waals surface area contributed by atoms with Crippen molar-refractivity contribution < 1.29 is 9.47 Å². The zero-order valence-electron chi connectivity index (χ0n) is 16.8. The summed E-state index contributed by atoms with van der Waals surface area (Å²) >= 11 is 0. The summed E-state index contributed by atoms with van der Waals surface area (Å²) in [6, 6.07) is 5.94. The van der Waals surface area contributed by atoms with E-state index in [0.717, 1.165) is 55.4 Å². The first-order valence-corrected chi connectivity index (χ1v) is 10.1. The second-order valence-electron chi connectivity index (χ2n) is 7.11. The van der Waals surface area contributed by atoms with Crippen molar-refractivity contribution >= 4 is 11.6 Å². The fourth-order valence-electron chi connectivity index (χ4n) is 3.31. The van der Waals surface area contributed by atoms with E-state index in [1.807, 2.05) is 31.3 Å². The summed E-state index contributed by atoms with van der Waals surface area (Å²) in [4.78, 5) is 18.2. The zero-order valence-corrected chi connectivity index (χ0v) is 16.8. The van der Waals surface area contributed by atoms with Crippen LogP contribution in [0.3, 0.4) is 0 Å². The predicted octanol–water partition coefficient (Wildman–Crippen LogP) is 3.06. The molecule has 0 aromatic carbocycles. The highest BCUT2D eigenvalue weighted by atomic mass is 16.5. The van der Waals surface area contributed by atoms with Gasteiger partial charge in [-0.3, -0.25) is 4.98 Å². The highest BCUT2D eigenvalue weighted by Gasteiger charge is 2.17. The van der Waals surface area contributed by atoms with Gasteiger partial charge in [0.1, 0.15) is 24.0 Å². The number of hydrogen-bond donors (Lipinski definition) is 0. The van der Waals surface area contributed by atoms with Crippen LogP contribution in [-0.4, -0.2) is 61.5 Å². The molecule has 0 spiro atoms. The lowest BCUT2D eigenvalue weighted by Gasteiger charge is -2.29. The van der Waals surface area contributed by atoms with Crippen LogP contribution in [0.1, 0.15) is 12.8 Å². The molecule has 29 heavy (non-hydrogen) atoms. The van der Waals surface area contributed by atoms with Gasteiger partial charge in [-0.05, 0) is 37.1 Å². The van der Waals surface area contributed by atoms with Gasteiger partial charge in [0.2, 0.25) is 0 Å². The zero-order chi connectivity index (χ0) is 19.9. The summed E-state index contributed by atoms with van der Waals surface area (Å²) in [5.41, 5.74) is 0.908. The molecular formula is C22H27N5O2. The van der Waals surface area contributed by atoms with E-state index in [1.54, 1.807) is 12.4 Å². The van der Waals surface area contributed by atoms with E-state index in [4.69, 9.17) is 19.4 Å². The standard InChI is InChI=1S/C22H27N5O2/c1-26(10-15-29-19-7-3-2-4-8-19)20-16-21(27-11-13-28-14-12-27)25-22(24-20)18-6-5-9-23-17-18/h3,5-9,16-17H,2,4,10-15H2,1H3. The quantitative estimate of drug-likeness (QED) is 0.716.